The zero-order valence-corrected chi connectivity index (χ0v) is 25.7. The summed E-state index contributed by atoms with van der Waals surface area (Å²) in [4.78, 5) is 38.9. The standard InChI is InChI=1S/C34H49NO7/c1-4-5-6-9-27(40-22(2)36)11-12-28-29-17-25-8-7-10-31(30(25)18-26(29)19-32(28)41-23(3)37)39-21-34(38)42-33-20-35-15-13-24(33)14-16-35/h7-8,10,24,26-29,32-33H,4-6,9,11-21H2,1-3H3/t26-,27+,28+,29-,32+,33+/m0/s1. The van der Waals surface area contributed by atoms with Gasteiger partial charge in [-0.3, -0.25) is 14.5 Å². The fourth-order valence-corrected chi connectivity index (χ4v) is 8.14. The van der Waals surface area contributed by atoms with Gasteiger partial charge in [-0.25, -0.2) is 4.79 Å². The molecule has 3 saturated heterocycles. The molecular weight excluding hydrogens is 534 g/mol. The molecule has 0 N–H and O–H groups in total. The third-order valence-corrected chi connectivity index (χ3v) is 10.1. The average molecular weight is 584 g/mol. The Morgan fingerprint density at radius 1 is 0.952 bits per heavy atom. The summed E-state index contributed by atoms with van der Waals surface area (Å²) in [6.45, 7) is 8.12. The highest BCUT2D eigenvalue weighted by atomic mass is 16.6. The number of ether oxygens (including phenoxy) is 4. The smallest absolute Gasteiger partial charge is 0.344 e. The van der Waals surface area contributed by atoms with Crippen LogP contribution in [0.5, 0.6) is 5.75 Å². The van der Waals surface area contributed by atoms with E-state index in [1.54, 1.807) is 0 Å². The van der Waals surface area contributed by atoms with Crippen molar-refractivity contribution in [3.05, 3.63) is 29.3 Å². The van der Waals surface area contributed by atoms with Gasteiger partial charge in [0.15, 0.2) is 6.61 Å². The quantitative estimate of drug-likeness (QED) is 0.176. The Balaban J connectivity index is 1.22. The molecule has 0 unspecified atom stereocenters. The number of carbonyl (C=O) groups excluding carboxylic acids is 3. The molecule has 0 aromatic heterocycles. The Bertz CT molecular complexity index is 1100. The molecule has 3 heterocycles. The molecule has 2 aliphatic carbocycles. The van der Waals surface area contributed by atoms with Crippen LogP contribution in [-0.4, -0.2) is 67.4 Å². The highest BCUT2D eigenvalue weighted by molar-refractivity contribution is 5.71. The lowest BCUT2D eigenvalue weighted by Gasteiger charge is -2.43. The van der Waals surface area contributed by atoms with Crippen LogP contribution in [0.3, 0.4) is 0 Å². The second-order valence-electron chi connectivity index (χ2n) is 13.0. The number of nitrogens with zero attached hydrogens (tertiary/aromatic N) is 1. The maximum Gasteiger partial charge on any atom is 0.344 e. The summed E-state index contributed by atoms with van der Waals surface area (Å²) in [7, 11) is 0. The second-order valence-corrected chi connectivity index (χ2v) is 13.0. The first kappa shape index (κ1) is 30.8. The van der Waals surface area contributed by atoms with E-state index in [-0.39, 0.29) is 48.7 Å². The topological polar surface area (TPSA) is 91.4 Å². The largest absolute Gasteiger partial charge is 0.482 e. The fourth-order valence-electron chi connectivity index (χ4n) is 8.14. The van der Waals surface area contributed by atoms with Crippen molar-refractivity contribution in [1.82, 2.24) is 4.90 Å². The van der Waals surface area contributed by atoms with Crippen LogP contribution in [0, 0.1) is 23.7 Å². The number of hydrogen-bond acceptors (Lipinski definition) is 8. The Kier molecular flexibility index (Phi) is 10.5. The lowest BCUT2D eigenvalue weighted by molar-refractivity contribution is -0.161. The molecule has 5 aliphatic rings. The molecule has 6 rings (SSSR count). The van der Waals surface area contributed by atoms with E-state index in [2.05, 4.69) is 17.9 Å². The van der Waals surface area contributed by atoms with E-state index in [4.69, 9.17) is 18.9 Å². The third-order valence-electron chi connectivity index (χ3n) is 10.1. The number of esters is 3. The predicted octanol–water partition coefficient (Wildman–Crippen LogP) is 5.28. The molecule has 1 aromatic carbocycles. The number of hydrogen-bond donors (Lipinski definition) is 0. The van der Waals surface area contributed by atoms with Crippen LogP contribution in [-0.2, 0) is 41.4 Å². The van der Waals surface area contributed by atoms with Gasteiger partial charge in [-0.05, 0) is 112 Å². The molecule has 232 valence electrons. The van der Waals surface area contributed by atoms with Crippen molar-refractivity contribution in [1.29, 1.82) is 0 Å². The first-order valence-electron chi connectivity index (χ1n) is 16.3. The maximum atomic E-state index is 12.7. The van der Waals surface area contributed by atoms with Gasteiger partial charge >= 0.3 is 17.9 Å². The summed E-state index contributed by atoms with van der Waals surface area (Å²) in [6.07, 6.45) is 10.3. The molecule has 42 heavy (non-hydrogen) atoms. The van der Waals surface area contributed by atoms with Gasteiger partial charge < -0.3 is 18.9 Å². The van der Waals surface area contributed by atoms with Crippen molar-refractivity contribution in [2.24, 2.45) is 23.7 Å². The van der Waals surface area contributed by atoms with Crippen molar-refractivity contribution in [3.8, 4) is 5.75 Å². The van der Waals surface area contributed by atoms with Crippen LogP contribution in [0.25, 0.3) is 0 Å². The second kappa shape index (κ2) is 14.2. The van der Waals surface area contributed by atoms with E-state index >= 15 is 0 Å². The van der Waals surface area contributed by atoms with E-state index < -0.39 is 0 Å². The summed E-state index contributed by atoms with van der Waals surface area (Å²) in [5.74, 6) is 1.43. The van der Waals surface area contributed by atoms with Gasteiger partial charge in [0.1, 0.15) is 24.1 Å². The van der Waals surface area contributed by atoms with E-state index in [0.29, 0.717) is 17.8 Å². The normalized spacial score (nSPS) is 30.1. The monoisotopic (exact) mass is 583 g/mol. The lowest BCUT2D eigenvalue weighted by Crippen LogP contribution is -2.52. The van der Waals surface area contributed by atoms with Gasteiger partial charge in [-0.1, -0.05) is 31.9 Å². The van der Waals surface area contributed by atoms with Gasteiger partial charge in [0, 0.05) is 20.4 Å². The minimum Gasteiger partial charge on any atom is -0.482 e. The summed E-state index contributed by atoms with van der Waals surface area (Å²) < 4.78 is 23.5. The van der Waals surface area contributed by atoms with E-state index in [1.165, 1.54) is 19.4 Å². The summed E-state index contributed by atoms with van der Waals surface area (Å²) in [5, 5.41) is 0. The number of carbonyl (C=O) groups is 3. The number of fused-ring (bicyclic) bond motifs is 5. The Morgan fingerprint density at radius 3 is 2.45 bits per heavy atom. The zero-order chi connectivity index (χ0) is 29.6. The van der Waals surface area contributed by atoms with Gasteiger partial charge in [-0.2, -0.15) is 0 Å². The highest BCUT2D eigenvalue weighted by Gasteiger charge is 2.47. The van der Waals surface area contributed by atoms with Crippen molar-refractivity contribution >= 4 is 17.9 Å². The fraction of sp³-hybridized carbons (Fsp3) is 0.735. The molecule has 1 aromatic rings. The lowest BCUT2D eigenvalue weighted by atomic mass is 9.73. The number of unbranched alkanes of at least 4 members (excludes halogenated alkanes) is 2. The molecule has 6 atom stereocenters. The predicted molar refractivity (Wildman–Crippen MR) is 158 cm³/mol. The highest BCUT2D eigenvalue weighted by Crippen LogP contribution is 2.49. The molecule has 3 aliphatic heterocycles. The Labute approximate surface area is 250 Å². The first-order valence-corrected chi connectivity index (χ1v) is 16.3. The summed E-state index contributed by atoms with van der Waals surface area (Å²) in [6, 6.07) is 6.12. The van der Waals surface area contributed by atoms with Crippen LogP contribution in [0.15, 0.2) is 18.2 Å². The molecule has 0 radical (unpaired) electrons. The van der Waals surface area contributed by atoms with E-state index in [9.17, 15) is 14.4 Å². The molecule has 0 spiro atoms. The van der Waals surface area contributed by atoms with Gasteiger partial charge in [0.2, 0.25) is 0 Å². The van der Waals surface area contributed by atoms with Crippen molar-refractivity contribution < 1.29 is 33.3 Å². The number of piperidine rings is 3. The molecule has 2 bridgehead atoms. The third kappa shape index (κ3) is 7.66. The van der Waals surface area contributed by atoms with Crippen LogP contribution in [0.2, 0.25) is 0 Å². The van der Waals surface area contributed by atoms with Crippen LogP contribution in [0.1, 0.15) is 89.7 Å². The van der Waals surface area contributed by atoms with Crippen molar-refractivity contribution in [3.63, 3.8) is 0 Å². The Morgan fingerprint density at radius 2 is 1.76 bits per heavy atom. The summed E-state index contributed by atoms with van der Waals surface area (Å²) >= 11 is 0. The van der Waals surface area contributed by atoms with Crippen molar-refractivity contribution in [2.45, 2.75) is 110 Å². The van der Waals surface area contributed by atoms with E-state index in [0.717, 1.165) is 102 Å². The summed E-state index contributed by atoms with van der Waals surface area (Å²) in [5.41, 5.74) is 2.40. The van der Waals surface area contributed by atoms with Crippen LogP contribution < -0.4 is 4.74 Å². The zero-order valence-electron chi connectivity index (χ0n) is 25.7. The maximum absolute atomic E-state index is 12.7. The van der Waals surface area contributed by atoms with Gasteiger partial charge in [0.25, 0.3) is 0 Å². The van der Waals surface area contributed by atoms with Crippen molar-refractivity contribution in [2.75, 3.05) is 26.2 Å². The Hall–Kier alpha value is -2.61. The minimum atomic E-state index is -0.294. The molecule has 8 nitrogen and oxygen atoms in total. The van der Waals surface area contributed by atoms with Crippen LogP contribution >= 0.6 is 0 Å². The van der Waals surface area contributed by atoms with E-state index in [1.807, 2.05) is 12.1 Å². The first-order chi connectivity index (χ1) is 20.3. The van der Waals surface area contributed by atoms with Crippen LogP contribution in [0.4, 0.5) is 0 Å². The molecule has 4 fully saturated rings. The van der Waals surface area contributed by atoms with Gasteiger partial charge in [0.05, 0.1) is 0 Å². The SMILES string of the molecule is CCCCC[C@H](CC[C@@H]1[C@H]2Cc3cccc(OCC(=O)O[C@@H]4CN5CCC4CC5)c3C[C@H]2C[C@H]1OC(C)=O)OC(C)=O. The number of benzene rings is 1. The average Bonchev–Trinajstić information content (AvgIpc) is 3.28. The molecular formula is C34H49NO7. The van der Waals surface area contributed by atoms with Gasteiger partial charge in [-0.15, -0.1) is 0 Å². The number of rotatable bonds is 13. The molecule has 1 saturated carbocycles. The minimum absolute atomic E-state index is 0.0187. The molecule has 8 heteroatoms. The molecule has 0 amide bonds.